The van der Waals surface area contributed by atoms with Gasteiger partial charge < -0.3 is 5.11 Å². The van der Waals surface area contributed by atoms with E-state index in [0.717, 1.165) is 18.2 Å². The average Bonchev–Trinajstić information content (AvgIpc) is 2.59. The smallest absolute Gasteiger partial charge is 0.349 e. The first kappa shape index (κ1) is 10.9. The fourth-order valence-corrected chi connectivity index (χ4v) is 1.40. The number of nitrogens with zero attached hydrogens (tertiary/aromatic N) is 1. The van der Waals surface area contributed by atoms with Crippen molar-refractivity contribution in [2.75, 3.05) is 0 Å². The summed E-state index contributed by atoms with van der Waals surface area (Å²) in [6.45, 7) is 0. The van der Waals surface area contributed by atoms with E-state index in [4.69, 9.17) is 5.11 Å². The Labute approximate surface area is 92.1 Å². The van der Waals surface area contributed by atoms with Crippen LogP contribution in [0.3, 0.4) is 0 Å². The summed E-state index contributed by atoms with van der Waals surface area (Å²) in [7, 11) is 0. The van der Waals surface area contributed by atoms with Crippen LogP contribution in [0.2, 0.25) is 0 Å². The van der Waals surface area contributed by atoms with Crippen molar-refractivity contribution in [3.63, 3.8) is 0 Å². The molecule has 1 aromatic carbocycles. The third-order valence-electron chi connectivity index (χ3n) is 2.11. The Morgan fingerprint density at radius 2 is 1.82 bits per heavy atom. The van der Waals surface area contributed by atoms with E-state index in [1.165, 1.54) is 0 Å². The maximum absolute atomic E-state index is 12.9. The summed E-state index contributed by atoms with van der Waals surface area (Å²) >= 11 is 0. The number of nitrogens with one attached hydrogen (secondary N) is 2. The van der Waals surface area contributed by atoms with Gasteiger partial charge in [-0.25, -0.2) is 33.5 Å². The summed E-state index contributed by atoms with van der Waals surface area (Å²) in [5.41, 5.74) is -2.34. The van der Waals surface area contributed by atoms with Gasteiger partial charge in [-0.3, -0.25) is 0 Å². The molecule has 0 radical (unpaired) electrons. The SMILES string of the molecule is O=C(O)c1cc(F)ccc1-n1c(=O)[nH][nH]c1=O. The van der Waals surface area contributed by atoms with Crippen molar-refractivity contribution < 1.29 is 14.3 Å². The largest absolute Gasteiger partial charge is 0.478 e. The summed E-state index contributed by atoms with van der Waals surface area (Å²) in [6.07, 6.45) is 0. The average molecular weight is 239 g/mol. The van der Waals surface area contributed by atoms with Gasteiger partial charge in [0.1, 0.15) is 5.82 Å². The summed E-state index contributed by atoms with van der Waals surface area (Å²) in [5.74, 6) is -2.21. The van der Waals surface area contributed by atoms with E-state index in [1.54, 1.807) is 0 Å². The van der Waals surface area contributed by atoms with E-state index in [1.807, 2.05) is 10.2 Å². The molecule has 0 spiro atoms. The first-order valence-corrected chi connectivity index (χ1v) is 4.43. The van der Waals surface area contributed by atoms with Gasteiger partial charge in [0.2, 0.25) is 0 Å². The second-order valence-electron chi connectivity index (χ2n) is 3.16. The highest BCUT2D eigenvalue weighted by atomic mass is 19.1. The molecule has 1 heterocycles. The zero-order valence-electron chi connectivity index (χ0n) is 8.23. The number of benzene rings is 1. The second-order valence-corrected chi connectivity index (χ2v) is 3.16. The zero-order chi connectivity index (χ0) is 12.6. The molecule has 0 saturated carbocycles. The number of H-pyrrole nitrogens is 2. The van der Waals surface area contributed by atoms with Gasteiger partial charge in [-0.2, -0.15) is 0 Å². The van der Waals surface area contributed by atoms with E-state index in [2.05, 4.69) is 0 Å². The van der Waals surface area contributed by atoms with Gasteiger partial charge in [-0.05, 0) is 18.2 Å². The number of aromatic carboxylic acids is 1. The van der Waals surface area contributed by atoms with Gasteiger partial charge in [0, 0.05) is 0 Å². The Balaban J connectivity index is 2.81. The van der Waals surface area contributed by atoms with Gasteiger partial charge in [0.05, 0.1) is 11.3 Å². The van der Waals surface area contributed by atoms with E-state index in [-0.39, 0.29) is 5.69 Å². The number of carboxylic acids is 1. The molecule has 2 aromatic rings. The van der Waals surface area contributed by atoms with Gasteiger partial charge in [0.15, 0.2) is 0 Å². The molecule has 3 N–H and O–H groups in total. The lowest BCUT2D eigenvalue weighted by Gasteiger charge is -2.04. The van der Waals surface area contributed by atoms with Crippen LogP contribution in [-0.4, -0.2) is 25.8 Å². The Bertz CT molecular complexity index is 669. The van der Waals surface area contributed by atoms with Crippen LogP contribution < -0.4 is 11.4 Å². The Hall–Kier alpha value is -2.64. The van der Waals surface area contributed by atoms with E-state index in [9.17, 15) is 18.8 Å². The highest BCUT2D eigenvalue weighted by Crippen LogP contribution is 2.13. The highest BCUT2D eigenvalue weighted by molar-refractivity contribution is 5.91. The lowest BCUT2D eigenvalue weighted by atomic mass is 10.1. The first-order chi connectivity index (χ1) is 8.00. The van der Waals surface area contributed by atoms with Crippen LogP contribution in [0.25, 0.3) is 5.69 Å². The molecule has 2 rings (SSSR count). The molecule has 17 heavy (non-hydrogen) atoms. The minimum Gasteiger partial charge on any atom is -0.478 e. The Kier molecular flexibility index (Phi) is 2.39. The van der Waals surface area contributed by atoms with Crippen LogP contribution in [0, 0.1) is 5.82 Å². The van der Waals surface area contributed by atoms with Crippen LogP contribution in [0.1, 0.15) is 10.4 Å². The topological polar surface area (TPSA) is 108 Å². The molecular weight excluding hydrogens is 233 g/mol. The number of rotatable bonds is 2. The molecule has 0 aliphatic carbocycles. The third-order valence-corrected chi connectivity index (χ3v) is 2.11. The predicted octanol–water partition coefficient (Wildman–Crippen LogP) is -0.309. The van der Waals surface area contributed by atoms with Crippen molar-refractivity contribution in [1.29, 1.82) is 0 Å². The summed E-state index contributed by atoms with van der Waals surface area (Å²) < 4.78 is 13.5. The Morgan fingerprint density at radius 3 is 2.35 bits per heavy atom. The normalized spacial score (nSPS) is 10.4. The summed E-state index contributed by atoms with van der Waals surface area (Å²) in [6, 6.07) is 2.74. The maximum atomic E-state index is 12.9. The van der Waals surface area contributed by atoms with Crippen molar-refractivity contribution >= 4 is 5.97 Å². The number of hydrogen-bond acceptors (Lipinski definition) is 3. The Morgan fingerprint density at radius 1 is 1.24 bits per heavy atom. The monoisotopic (exact) mass is 239 g/mol. The van der Waals surface area contributed by atoms with Crippen molar-refractivity contribution in [2.45, 2.75) is 0 Å². The molecule has 0 fully saturated rings. The number of halogens is 1. The zero-order valence-corrected chi connectivity index (χ0v) is 8.23. The standard InChI is InChI=1S/C9H6FN3O4/c10-4-1-2-6(5(3-4)7(14)15)13-8(16)11-12-9(13)17/h1-3H,(H,11,16)(H,12,17)(H,14,15). The molecule has 0 amide bonds. The number of carboxylic acid groups (broad SMARTS) is 1. The van der Waals surface area contributed by atoms with Crippen molar-refractivity contribution in [2.24, 2.45) is 0 Å². The second kappa shape index (κ2) is 3.74. The molecule has 0 unspecified atom stereocenters. The van der Waals surface area contributed by atoms with Crippen LogP contribution >= 0.6 is 0 Å². The molecular formula is C9H6FN3O4. The number of carbonyl (C=O) groups is 1. The van der Waals surface area contributed by atoms with Crippen LogP contribution in [0.5, 0.6) is 0 Å². The van der Waals surface area contributed by atoms with Gasteiger partial charge in [-0.1, -0.05) is 0 Å². The minimum absolute atomic E-state index is 0.202. The fraction of sp³-hybridized carbons (Fsp3) is 0. The van der Waals surface area contributed by atoms with Gasteiger partial charge >= 0.3 is 17.3 Å². The van der Waals surface area contributed by atoms with Crippen LogP contribution in [-0.2, 0) is 0 Å². The lowest BCUT2D eigenvalue weighted by Crippen LogP contribution is -2.26. The predicted molar refractivity (Wildman–Crippen MR) is 53.9 cm³/mol. The molecule has 0 atom stereocenters. The minimum atomic E-state index is -1.44. The van der Waals surface area contributed by atoms with Crippen LogP contribution in [0.15, 0.2) is 27.8 Å². The number of aromatic nitrogens is 3. The quantitative estimate of drug-likeness (QED) is 0.668. The molecule has 8 heteroatoms. The van der Waals surface area contributed by atoms with Crippen molar-refractivity contribution in [1.82, 2.24) is 14.8 Å². The van der Waals surface area contributed by atoms with Gasteiger partial charge in [0.25, 0.3) is 0 Å². The first-order valence-electron chi connectivity index (χ1n) is 4.43. The lowest BCUT2D eigenvalue weighted by molar-refractivity contribution is 0.0696. The number of aromatic amines is 2. The number of hydrogen-bond donors (Lipinski definition) is 3. The highest BCUT2D eigenvalue weighted by Gasteiger charge is 2.16. The molecule has 0 bridgehead atoms. The van der Waals surface area contributed by atoms with Crippen molar-refractivity contribution in [3.8, 4) is 5.69 Å². The molecule has 88 valence electrons. The van der Waals surface area contributed by atoms with E-state index >= 15 is 0 Å². The molecule has 0 aliphatic rings. The summed E-state index contributed by atoms with van der Waals surface area (Å²) in [4.78, 5) is 33.5. The molecule has 0 saturated heterocycles. The molecule has 7 nitrogen and oxygen atoms in total. The molecule has 0 aliphatic heterocycles. The van der Waals surface area contributed by atoms with E-state index < -0.39 is 28.7 Å². The third kappa shape index (κ3) is 1.75. The van der Waals surface area contributed by atoms with E-state index in [0.29, 0.717) is 4.57 Å². The maximum Gasteiger partial charge on any atom is 0.349 e. The summed E-state index contributed by atoms with van der Waals surface area (Å²) in [5, 5.41) is 12.9. The fourth-order valence-electron chi connectivity index (χ4n) is 1.40. The van der Waals surface area contributed by atoms with Crippen LogP contribution in [0.4, 0.5) is 4.39 Å². The van der Waals surface area contributed by atoms with Crippen molar-refractivity contribution in [3.05, 3.63) is 50.5 Å². The van der Waals surface area contributed by atoms with Gasteiger partial charge in [-0.15, -0.1) is 0 Å². The molecule has 1 aromatic heterocycles.